The lowest BCUT2D eigenvalue weighted by Gasteiger charge is -2.23. The fourth-order valence-corrected chi connectivity index (χ4v) is 7.41. The Balaban J connectivity index is 1.64. The van der Waals surface area contributed by atoms with E-state index in [2.05, 4.69) is 4.90 Å². The zero-order valence-electron chi connectivity index (χ0n) is 13.7. The largest absolute Gasteiger partial charge is 0.299 e. The maximum Gasteiger partial charge on any atom is 0.252 e. The van der Waals surface area contributed by atoms with Gasteiger partial charge in [-0.2, -0.15) is 4.31 Å². The molecule has 1 aromatic heterocycles. The van der Waals surface area contributed by atoms with E-state index in [0.717, 1.165) is 35.2 Å². The second-order valence-electron chi connectivity index (χ2n) is 6.70. The molecule has 0 aliphatic carbocycles. The van der Waals surface area contributed by atoms with Crippen LogP contribution in [0.5, 0.6) is 0 Å². The molecule has 2 saturated heterocycles. The van der Waals surface area contributed by atoms with Crippen LogP contribution in [0.1, 0.15) is 24.8 Å². The van der Waals surface area contributed by atoms with E-state index >= 15 is 0 Å². The zero-order valence-corrected chi connectivity index (χ0v) is 16.1. The van der Waals surface area contributed by atoms with Crippen LogP contribution in [0.4, 0.5) is 0 Å². The number of hydrogen-bond acceptors (Lipinski definition) is 4. The molecule has 2 fully saturated rings. The van der Waals surface area contributed by atoms with Crippen molar-refractivity contribution >= 4 is 43.0 Å². The molecule has 0 radical (unpaired) electrons. The van der Waals surface area contributed by atoms with Gasteiger partial charge in [0.1, 0.15) is 4.21 Å². The summed E-state index contributed by atoms with van der Waals surface area (Å²) in [6.45, 7) is 5.35. The van der Waals surface area contributed by atoms with E-state index in [0.29, 0.717) is 28.4 Å². The Bertz CT molecular complexity index is 872. The van der Waals surface area contributed by atoms with Gasteiger partial charge >= 0.3 is 0 Å². The summed E-state index contributed by atoms with van der Waals surface area (Å²) in [5.41, 5.74) is 0.821. The van der Waals surface area contributed by atoms with Crippen LogP contribution < -0.4 is 0 Å². The van der Waals surface area contributed by atoms with Gasteiger partial charge in [-0.15, -0.1) is 11.3 Å². The van der Waals surface area contributed by atoms with Crippen molar-refractivity contribution in [3.05, 3.63) is 28.8 Å². The third-order valence-electron chi connectivity index (χ3n) is 5.21. The lowest BCUT2D eigenvalue weighted by molar-refractivity contribution is 0.251. The maximum absolute atomic E-state index is 13.2. The summed E-state index contributed by atoms with van der Waals surface area (Å²) in [6.07, 6.45) is 3.41. The number of benzene rings is 1. The molecule has 2 aliphatic heterocycles. The van der Waals surface area contributed by atoms with Crippen LogP contribution in [0.2, 0.25) is 5.02 Å². The van der Waals surface area contributed by atoms with Gasteiger partial charge in [0.25, 0.3) is 10.0 Å². The molecule has 24 heavy (non-hydrogen) atoms. The summed E-state index contributed by atoms with van der Waals surface area (Å²) < 4.78 is 29.4. The highest BCUT2D eigenvalue weighted by Gasteiger charge is 2.37. The van der Waals surface area contributed by atoms with Gasteiger partial charge in [-0.25, -0.2) is 8.42 Å². The first kappa shape index (κ1) is 16.8. The molecule has 0 bridgehead atoms. The van der Waals surface area contributed by atoms with E-state index in [-0.39, 0.29) is 0 Å². The zero-order chi connectivity index (χ0) is 16.9. The standard InChI is InChI=1S/C17H21ClN2O2S2/c1-12-15-10-13(18)4-5-16(15)23-17(12)24(21,22)20-9-6-14(11-20)19-7-2-3-8-19/h4-5,10,14H,2-3,6-9,11H2,1H3. The number of rotatable bonds is 3. The highest BCUT2D eigenvalue weighted by molar-refractivity contribution is 7.91. The summed E-state index contributed by atoms with van der Waals surface area (Å²) in [4.78, 5) is 2.45. The first-order valence-corrected chi connectivity index (χ1v) is 11.0. The first-order valence-electron chi connectivity index (χ1n) is 8.39. The fourth-order valence-electron chi connectivity index (χ4n) is 3.87. The summed E-state index contributed by atoms with van der Waals surface area (Å²) in [7, 11) is -3.42. The molecule has 0 N–H and O–H groups in total. The SMILES string of the molecule is Cc1c(S(=O)(=O)N2CCC(N3CCCC3)C2)sc2ccc(Cl)cc12. The van der Waals surface area contributed by atoms with Crippen molar-refractivity contribution in [2.45, 2.75) is 36.4 Å². The minimum atomic E-state index is -3.42. The lowest BCUT2D eigenvalue weighted by atomic mass is 10.2. The van der Waals surface area contributed by atoms with Crippen LogP contribution >= 0.6 is 22.9 Å². The molecule has 2 aromatic rings. The van der Waals surface area contributed by atoms with Crippen molar-refractivity contribution in [1.82, 2.24) is 9.21 Å². The molecule has 3 heterocycles. The van der Waals surface area contributed by atoms with E-state index in [4.69, 9.17) is 11.6 Å². The van der Waals surface area contributed by atoms with Crippen molar-refractivity contribution in [1.29, 1.82) is 0 Å². The Hall–Kier alpha value is -0.660. The molecule has 0 amide bonds. The quantitative estimate of drug-likeness (QED) is 0.809. The van der Waals surface area contributed by atoms with Gasteiger partial charge in [-0.1, -0.05) is 11.6 Å². The van der Waals surface area contributed by atoms with Crippen LogP contribution in [0.3, 0.4) is 0 Å². The smallest absolute Gasteiger partial charge is 0.252 e. The van der Waals surface area contributed by atoms with Crippen molar-refractivity contribution in [2.75, 3.05) is 26.2 Å². The van der Waals surface area contributed by atoms with Crippen molar-refractivity contribution in [3.63, 3.8) is 0 Å². The molecule has 2 aliphatic rings. The van der Waals surface area contributed by atoms with Crippen LogP contribution in [-0.4, -0.2) is 49.8 Å². The van der Waals surface area contributed by atoms with E-state index in [9.17, 15) is 8.42 Å². The average Bonchev–Trinajstić information content (AvgIpc) is 3.26. The Kier molecular flexibility index (Phi) is 4.37. The molecule has 1 unspecified atom stereocenters. The summed E-state index contributed by atoms with van der Waals surface area (Å²) >= 11 is 7.43. The number of nitrogens with zero attached hydrogens (tertiary/aromatic N) is 2. The Morgan fingerprint density at radius 3 is 2.71 bits per heavy atom. The van der Waals surface area contributed by atoms with E-state index in [1.807, 2.05) is 25.1 Å². The number of fused-ring (bicyclic) bond motifs is 1. The summed E-state index contributed by atoms with van der Waals surface area (Å²) in [5.74, 6) is 0. The average molecular weight is 385 g/mol. The minimum Gasteiger partial charge on any atom is -0.299 e. The summed E-state index contributed by atoms with van der Waals surface area (Å²) in [6, 6.07) is 5.96. The van der Waals surface area contributed by atoms with Crippen LogP contribution in [-0.2, 0) is 10.0 Å². The fraction of sp³-hybridized carbons (Fsp3) is 0.529. The predicted octanol–water partition coefficient (Wildman–Crippen LogP) is 3.72. The van der Waals surface area contributed by atoms with Crippen LogP contribution in [0.15, 0.2) is 22.4 Å². The van der Waals surface area contributed by atoms with Gasteiger partial charge in [0.05, 0.1) is 0 Å². The molecular weight excluding hydrogens is 364 g/mol. The minimum absolute atomic E-state index is 0.381. The number of hydrogen-bond donors (Lipinski definition) is 0. The maximum atomic E-state index is 13.2. The number of aryl methyl sites for hydroxylation is 1. The van der Waals surface area contributed by atoms with Crippen LogP contribution in [0, 0.1) is 6.92 Å². The van der Waals surface area contributed by atoms with Gasteiger partial charge in [0.2, 0.25) is 0 Å². The monoisotopic (exact) mass is 384 g/mol. The van der Waals surface area contributed by atoms with Crippen molar-refractivity contribution < 1.29 is 8.42 Å². The summed E-state index contributed by atoms with van der Waals surface area (Å²) in [5, 5.41) is 1.59. The molecule has 130 valence electrons. The number of thiophene rings is 1. The molecule has 4 rings (SSSR count). The molecule has 1 atom stereocenters. The highest BCUT2D eigenvalue weighted by atomic mass is 35.5. The van der Waals surface area contributed by atoms with E-state index in [1.165, 1.54) is 24.2 Å². The van der Waals surface area contributed by atoms with Gasteiger partial charge in [-0.05, 0) is 68.4 Å². The molecule has 4 nitrogen and oxygen atoms in total. The Labute approximate surface area is 152 Å². The third-order valence-corrected chi connectivity index (χ3v) is 9.18. The number of halogens is 1. The second-order valence-corrected chi connectivity index (χ2v) is 10.3. The molecule has 0 spiro atoms. The Morgan fingerprint density at radius 1 is 1.21 bits per heavy atom. The molecule has 0 saturated carbocycles. The van der Waals surface area contributed by atoms with Gasteiger partial charge < -0.3 is 0 Å². The lowest BCUT2D eigenvalue weighted by Crippen LogP contribution is -2.37. The van der Waals surface area contributed by atoms with Gasteiger partial charge in [0, 0.05) is 28.9 Å². The predicted molar refractivity (Wildman–Crippen MR) is 99.5 cm³/mol. The Morgan fingerprint density at radius 2 is 1.96 bits per heavy atom. The normalized spacial score (nSPS) is 23.5. The second kappa shape index (κ2) is 6.25. The topological polar surface area (TPSA) is 40.6 Å². The highest BCUT2D eigenvalue weighted by Crippen LogP contribution is 2.38. The van der Waals surface area contributed by atoms with Gasteiger partial charge in [-0.3, -0.25) is 4.90 Å². The molecule has 7 heteroatoms. The third kappa shape index (κ3) is 2.78. The molecular formula is C17H21ClN2O2S2. The van der Waals surface area contributed by atoms with Crippen LogP contribution in [0.25, 0.3) is 10.1 Å². The van der Waals surface area contributed by atoms with E-state index < -0.39 is 10.0 Å². The van der Waals surface area contributed by atoms with Crippen molar-refractivity contribution in [3.8, 4) is 0 Å². The van der Waals surface area contributed by atoms with E-state index in [1.54, 1.807) is 4.31 Å². The number of sulfonamides is 1. The van der Waals surface area contributed by atoms with Crippen molar-refractivity contribution in [2.24, 2.45) is 0 Å². The van der Waals surface area contributed by atoms with Gasteiger partial charge in [0.15, 0.2) is 0 Å². The number of likely N-dealkylation sites (tertiary alicyclic amines) is 1. The first-order chi connectivity index (χ1) is 11.5. The molecule has 1 aromatic carbocycles.